The Kier molecular flexibility index (Phi) is 8.65. The molecule has 2 aromatic carbocycles. The fourth-order valence-corrected chi connectivity index (χ4v) is 6.88. The van der Waals surface area contributed by atoms with Gasteiger partial charge in [0.2, 0.25) is 5.95 Å². The maximum Gasteiger partial charge on any atom is 0.339 e. The molecule has 2 saturated heterocycles. The molecule has 42 heavy (non-hydrogen) atoms. The maximum absolute atomic E-state index is 13.0. The molecule has 12 nitrogen and oxygen atoms in total. The molecule has 0 unspecified atom stereocenters. The van der Waals surface area contributed by atoms with Gasteiger partial charge in [-0.2, -0.15) is 8.42 Å². The first-order valence-electron chi connectivity index (χ1n) is 14.3. The van der Waals surface area contributed by atoms with Crippen molar-refractivity contribution >= 4 is 38.8 Å². The van der Waals surface area contributed by atoms with E-state index in [-0.39, 0.29) is 39.7 Å². The number of carbonyl (C=O) groups is 1. The number of ether oxygens (including phenoxy) is 1. The Morgan fingerprint density at radius 3 is 2.45 bits per heavy atom. The van der Waals surface area contributed by atoms with Crippen LogP contribution in [0.15, 0.2) is 47.4 Å². The summed E-state index contributed by atoms with van der Waals surface area (Å²) in [6.45, 7) is 13.1. The molecular weight excluding hydrogens is 558 g/mol. The third kappa shape index (κ3) is 7.91. The van der Waals surface area contributed by atoms with E-state index in [1.54, 1.807) is 30.3 Å². The molecule has 13 heteroatoms. The van der Waals surface area contributed by atoms with E-state index in [0.717, 1.165) is 38.2 Å². The average Bonchev–Trinajstić information content (AvgIpc) is 3.29. The maximum atomic E-state index is 13.0. The number of hydrogen-bond acceptors (Lipinski definition) is 9. The molecule has 0 spiro atoms. The van der Waals surface area contributed by atoms with Crippen molar-refractivity contribution in [2.45, 2.75) is 62.6 Å². The molecule has 5 N–H and O–H groups in total. The second-order valence-corrected chi connectivity index (χ2v) is 13.8. The number of fused-ring (bicyclic) bond motifs is 1. The van der Waals surface area contributed by atoms with Crippen LogP contribution in [0.5, 0.6) is 5.75 Å². The van der Waals surface area contributed by atoms with E-state index in [9.17, 15) is 13.2 Å². The van der Waals surface area contributed by atoms with E-state index in [1.807, 2.05) is 0 Å². The number of benzene rings is 2. The number of piperidine rings is 1. The predicted octanol–water partition coefficient (Wildman–Crippen LogP) is 3.51. The van der Waals surface area contributed by atoms with Crippen LogP contribution in [0, 0.1) is 0 Å². The van der Waals surface area contributed by atoms with Crippen molar-refractivity contribution in [2.75, 3.05) is 50.0 Å². The normalized spacial score (nSPS) is 19.3. The van der Waals surface area contributed by atoms with Crippen LogP contribution < -0.4 is 25.5 Å². The lowest BCUT2D eigenvalue weighted by Crippen LogP contribution is -2.60. The predicted molar refractivity (Wildman–Crippen MR) is 163 cm³/mol. The van der Waals surface area contributed by atoms with Crippen LogP contribution in [-0.2, 0) is 14.9 Å². The van der Waals surface area contributed by atoms with Gasteiger partial charge < -0.3 is 29.9 Å². The number of urea groups is 1. The van der Waals surface area contributed by atoms with Crippen molar-refractivity contribution in [2.24, 2.45) is 0 Å². The van der Waals surface area contributed by atoms with Crippen LogP contribution in [0.25, 0.3) is 11.0 Å². The topological polar surface area (TPSA) is 150 Å². The van der Waals surface area contributed by atoms with Gasteiger partial charge in [0.05, 0.1) is 24.2 Å². The number of nitrogens with zero attached hydrogens (tertiary/aromatic N) is 2. The summed E-state index contributed by atoms with van der Waals surface area (Å²) in [6.07, 6.45) is 1.90. The third-order valence-corrected chi connectivity index (χ3v) is 8.67. The minimum atomic E-state index is -4.06. The minimum Gasteiger partial charge on any atom is -0.382 e. The first-order valence-corrected chi connectivity index (χ1v) is 15.7. The molecular formula is C29H41N7O5S. The standard InChI is InChI=1S/C29H41N7O5S/c1-28(2)18-21(19-29(3,4)35-28)31-20-5-8-23(9-6-20)42(38,39)41-22-7-10-24-25(17-22)33-26(32-24)34-27(37)30-11-12-36-13-15-40-16-14-36/h5-10,17,21,31,35H,11-16,18-19H2,1-4H3,(H3,30,32,33,34,37). The van der Waals surface area contributed by atoms with Gasteiger partial charge in [0, 0.05) is 55.1 Å². The zero-order valence-corrected chi connectivity index (χ0v) is 25.4. The molecule has 0 saturated carbocycles. The fraction of sp³-hybridized carbons (Fsp3) is 0.517. The van der Waals surface area contributed by atoms with Gasteiger partial charge in [0.1, 0.15) is 10.6 Å². The van der Waals surface area contributed by atoms with E-state index in [2.05, 4.69) is 63.8 Å². The Balaban J connectivity index is 1.16. The molecule has 3 aromatic rings. The summed E-state index contributed by atoms with van der Waals surface area (Å²) in [4.78, 5) is 21.9. The molecule has 2 amide bonds. The second-order valence-electron chi connectivity index (χ2n) is 12.3. The van der Waals surface area contributed by atoms with E-state index < -0.39 is 10.1 Å². The molecule has 2 fully saturated rings. The molecule has 0 radical (unpaired) electrons. The zero-order valence-electron chi connectivity index (χ0n) is 24.6. The number of H-pyrrole nitrogens is 1. The summed E-state index contributed by atoms with van der Waals surface area (Å²) in [5, 5.41) is 12.7. The number of aromatic nitrogens is 2. The first-order chi connectivity index (χ1) is 19.9. The number of amides is 2. The lowest BCUT2D eigenvalue weighted by molar-refractivity contribution is 0.0388. The van der Waals surface area contributed by atoms with Gasteiger partial charge in [-0.25, -0.2) is 9.78 Å². The van der Waals surface area contributed by atoms with Gasteiger partial charge in [-0.3, -0.25) is 10.2 Å². The van der Waals surface area contributed by atoms with Crippen molar-refractivity contribution in [3.63, 3.8) is 0 Å². The highest BCUT2D eigenvalue weighted by Crippen LogP contribution is 2.31. The summed E-state index contributed by atoms with van der Waals surface area (Å²) in [7, 11) is -4.06. The van der Waals surface area contributed by atoms with E-state index in [1.165, 1.54) is 12.1 Å². The number of rotatable bonds is 9. The number of imidazole rings is 1. The Labute approximate surface area is 247 Å². The van der Waals surface area contributed by atoms with Gasteiger partial charge in [0.25, 0.3) is 0 Å². The van der Waals surface area contributed by atoms with Gasteiger partial charge in [-0.15, -0.1) is 0 Å². The van der Waals surface area contributed by atoms with Crippen LogP contribution in [-0.4, -0.2) is 85.8 Å². The fourth-order valence-electron chi connectivity index (χ4n) is 5.96. The number of anilines is 2. The smallest absolute Gasteiger partial charge is 0.339 e. The molecule has 0 aliphatic carbocycles. The summed E-state index contributed by atoms with van der Waals surface area (Å²) in [5.74, 6) is 0.381. The molecule has 0 atom stereocenters. The number of hydrogen-bond donors (Lipinski definition) is 5. The molecule has 228 valence electrons. The molecule has 2 aliphatic heterocycles. The minimum absolute atomic E-state index is 0.00133. The molecule has 0 bridgehead atoms. The molecule has 1 aromatic heterocycles. The Morgan fingerprint density at radius 2 is 1.76 bits per heavy atom. The van der Waals surface area contributed by atoms with Crippen LogP contribution in [0.4, 0.5) is 16.4 Å². The van der Waals surface area contributed by atoms with Crippen molar-refractivity contribution in [3.8, 4) is 5.75 Å². The summed E-state index contributed by atoms with van der Waals surface area (Å²) < 4.78 is 36.8. The molecule has 2 aliphatic rings. The van der Waals surface area contributed by atoms with Crippen molar-refractivity contribution in [3.05, 3.63) is 42.5 Å². The van der Waals surface area contributed by atoms with E-state index in [4.69, 9.17) is 8.92 Å². The van der Waals surface area contributed by atoms with E-state index >= 15 is 0 Å². The van der Waals surface area contributed by atoms with Crippen LogP contribution in [0.2, 0.25) is 0 Å². The highest BCUT2D eigenvalue weighted by Gasteiger charge is 2.37. The van der Waals surface area contributed by atoms with Gasteiger partial charge in [-0.05, 0) is 76.9 Å². The Morgan fingerprint density at radius 1 is 1.07 bits per heavy atom. The van der Waals surface area contributed by atoms with Crippen LogP contribution in [0.3, 0.4) is 0 Å². The lowest BCUT2D eigenvalue weighted by Gasteiger charge is -2.47. The Hall–Kier alpha value is -3.39. The van der Waals surface area contributed by atoms with Gasteiger partial charge >= 0.3 is 16.1 Å². The number of carbonyl (C=O) groups excluding carboxylic acids is 1. The van der Waals surface area contributed by atoms with Gasteiger partial charge in [0.15, 0.2) is 0 Å². The SMILES string of the molecule is CC1(C)CC(Nc2ccc(S(=O)(=O)Oc3ccc4nc(NC(=O)NCCN5CCOCC5)[nH]c4c3)cc2)CC(C)(C)N1. The average molecular weight is 600 g/mol. The zero-order chi connectivity index (χ0) is 30.0. The number of aromatic amines is 1. The van der Waals surface area contributed by atoms with Crippen molar-refractivity contribution in [1.29, 1.82) is 0 Å². The summed E-state index contributed by atoms with van der Waals surface area (Å²) in [6, 6.07) is 11.2. The van der Waals surface area contributed by atoms with Crippen molar-refractivity contribution < 1.29 is 22.1 Å². The van der Waals surface area contributed by atoms with E-state index in [0.29, 0.717) is 30.8 Å². The summed E-state index contributed by atoms with van der Waals surface area (Å²) in [5.41, 5.74) is 1.94. The number of nitrogens with one attached hydrogen (secondary N) is 5. The number of morpholine rings is 1. The monoisotopic (exact) mass is 599 g/mol. The van der Waals surface area contributed by atoms with Crippen molar-refractivity contribution in [1.82, 2.24) is 25.5 Å². The second kappa shape index (κ2) is 12.1. The van der Waals surface area contributed by atoms with Gasteiger partial charge in [-0.1, -0.05) is 0 Å². The quantitative estimate of drug-likeness (QED) is 0.233. The van der Waals surface area contributed by atoms with Crippen LogP contribution in [0.1, 0.15) is 40.5 Å². The lowest BCUT2D eigenvalue weighted by atomic mass is 9.79. The van der Waals surface area contributed by atoms with Crippen LogP contribution >= 0.6 is 0 Å². The Bertz CT molecular complexity index is 1480. The largest absolute Gasteiger partial charge is 0.382 e. The highest BCUT2D eigenvalue weighted by atomic mass is 32.2. The third-order valence-electron chi connectivity index (χ3n) is 7.41. The summed E-state index contributed by atoms with van der Waals surface area (Å²) >= 11 is 0. The molecule has 5 rings (SSSR count). The highest BCUT2D eigenvalue weighted by molar-refractivity contribution is 7.87. The first kappa shape index (κ1) is 30.1. The molecule has 3 heterocycles.